The first kappa shape index (κ1) is 11.4. The molecule has 0 aliphatic heterocycles. The maximum absolute atomic E-state index is 5.10. The van der Waals surface area contributed by atoms with Gasteiger partial charge in [0.05, 0.1) is 6.61 Å². The molecule has 0 spiro atoms. The maximum atomic E-state index is 5.10. The molecule has 0 aromatic heterocycles. The van der Waals surface area contributed by atoms with Crippen LogP contribution in [0.5, 0.6) is 0 Å². The van der Waals surface area contributed by atoms with Crippen molar-refractivity contribution in [2.75, 3.05) is 20.3 Å². The van der Waals surface area contributed by atoms with Gasteiger partial charge in [-0.2, -0.15) is 0 Å². The summed E-state index contributed by atoms with van der Waals surface area (Å²) < 4.78 is 5.10. The van der Waals surface area contributed by atoms with Crippen molar-refractivity contribution < 1.29 is 4.74 Å². The fourth-order valence-electron chi connectivity index (χ4n) is 3.85. The Kier molecular flexibility index (Phi) is 2.85. The van der Waals surface area contributed by atoms with E-state index in [0.717, 1.165) is 19.1 Å². The van der Waals surface area contributed by atoms with E-state index in [4.69, 9.17) is 4.74 Å². The molecule has 1 N–H and O–H groups in total. The molecule has 2 aliphatic carbocycles. The molecule has 0 aromatic carbocycles. The Morgan fingerprint density at radius 3 is 2.53 bits per heavy atom. The largest absolute Gasteiger partial charge is 0.383 e. The Hall–Kier alpha value is -0.0800. The zero-order valence-electron chi connectivity index (χ0n) is 10.6. The van der Waals surface area contributed by atoms with E-state index in [0.29, 0.717) is 16.9 Å². The molecular formula is C13H25NO. The summed E-state index contributed by atoms with van der Waals surface area (Å²) in [5.74, 6) is 0.933. The lowest BCUT2D eigenvalue weighted by Crippen LogP contribution is -2.45. The highest BCUT2D eigenvalue weighted by Gasteiger charge is 2.60. The molecule has 0 saturated heterocycles. The second-order valence-corrected chi connectivity index (χ2v) is 6.11. The molecule has 15 heavy (non-hydrogen) atoms. The smallest absolute Gasteiger partial charge is 0.0587 e. The van der Waals surface area contributed by atoms with Crippen LogP contribution >= 0.6 is 0 Å². The minimum Gasteiger partial charge on any atom is -0.383 e. The van der Waals surface area contributed by atoms with Gasteiger partial charge in [0.1, 0.15) is 0 Å². The Morgan fingerprint density at radius 1 is 1.33 bits per heavy atom. The summed E-state index contributed by atoms with van der Waals surface area (Å²) >= 11 is 0. The highest BCUT2D eigenvalue weighted by molar-refractivity contribution is 5.12. The summed E-state index contributed by atoms with van der Waals surface area (Å²) in [6.07, 6.45) is 4.20. The van der Waals surface area contributed by atoms with Gasteiger partial charge >= 0.3 is 0 Å². The summed E-state index contributed by atoms with van der Waals surface area (Å²) in [5.41, 5.74) is 1.03. The summed E-state index contributed by atoms with van der Waals surface area (Å²) in [6.45, 7) is 9.23. The van der Waals surface area contributed by atoms with E-state index in [9.17, 15) is 0 Å². The number of hydrogen-bond donors (Lipinski definition) is 1. The lowest BCUT2D eigenvalue weighted by molar-refractivity contribution is 0.114. The van der Waals surface area contributed by atoms with Crippen LogP contribution < -0.4 is 5.32 Å². The molecule has 2 fully saturated rings. The number of ether oxygens (including phenoxy) is 1. The number of hydrogen-bond acceptors (Lipinski definition) is 2. The third-order valence-electron chi connectivity index (χ3n) is 5.49. The van der Waals surface area contributed by atoms with Crippen molar-refractivity contribution in [3.63, 3.8) is 0 Å². The molecule has 2 heteroatoms. The van der Waals surface area contributed by atoms with Crippen molar-refractivity contribution in [2.45, 2.75) is 46.1 Å². The third kappa shape index (κ3) is 1.53. The van der Waals surface area contributed by atoms with Crippen molar-refractivity contribution in [3.05, 3.63) is 0 Å². The Morgan fingerprint density at radius 2 is 2.07 bits per heavy atom. The van der Waals surface area contributed by atoms with Gasteiger partial charge in [0.25, 0.3) is 0 Å². The molecule has 2 saturated carbocycles. The summed E-state index contributed by atoms with van der Waals surface area (Å²) in [7, 11) is 1.77. The van der Waals surface area contributed by atoms with Crippen LogP contribution in [0.25, 0.3) is 0 Å². The number of fused-ring (bicyclic) bond motifs is 2. The molecule has 2 nitrogen and oxygen atoms in total. The van der Waals surface area contributed by atoms with Crippen LogP contribution in [-0.2, 0) is 4.74 Å². The van der Waals surface area contributed by atoms with Crippen LogP contribution in [0.3, 0.4) is 0 Å². The van der Waals surface area contributed by atoms with E-state index in [1.807, 2.05) is 0 Å². The van der Waals surface area contributed by atoms with Crippen molar-refractivity contribution in [2.24, 2.45) is 16.7 Å². The third-order valence-corrected chi connectivity index (χ3v) is 5.49. The van der Waals surface area contributed by atoms with E-state index in [1.165, 1.54) is 19.3 Å². The minimum absolute atomic E-state index is 0.505. The van der Waals surface area contributed by atoms with Crippen LogP contribution in [0.4, 0.5) is 0 Å². The average Bonchev–Trinajstić information content (AvgIpc) is 2.51. The SMILES string of the molecule is COCCNC1CC2CC[C@@]1(C)C2(C)C. The van der Waals surface area contributed by atoms with Crippen LogP contribution in [0.15, 0.2) is 0 Å². The van der Waals surface area contributed by atoms with Crippen LogP contribution in [0, 0.1) is 16.7 Å². The molecule has 0 heterocycles. The second kappa shape index (κ2) is 3.74. The van der Waals surface area contributed by atoms with Gasteiger partial charge in [-0.15, -0.1) is 0 Å². The fourth-order valence-corrected chi connectivity index (χ4v) is 3.85. The van der Waals surface area contributed by atoms with Crippen LogP contribution in [0.2, 0.25) is 0 Å². The number of nitrogens with one attached hydrogen (secondary N) is 1. The standard InChI is InChI=1S/C13H25NO/c1-12(2)10-5-6-13(12,3)11(9-10)14-7-8-15-4/h10-11,14H,5-9H2,1-4H3/t10?,11?,13-/m1/s1. The fraction of sp³-hybridized carbons (Fsp3) is 1.00. The van der Waals surface area contributed by atoms with Gasteiger partial charge in [0.2, 0.25) is 0 Å². The van der Waals surface area contributed by atoms with Crippen molar-refractivity contribution >= 4 is 0 Å². The van der Waals surface area contributed by atoms with Gasteiger partial charge in [0, 0.05) is 19.7 Å². The topological polar surface area (TPSA) is 21.3 Å². The Balaban J connectivity index is 1.99. The lowest BCUT2D eigenvalue weighted by Gasteiger charge is -2.39. The first-order valence-corrected chi connectivity index (χ1v) is 6.24. The van der Waals surface area contributed by atoms with E-state index in [2.05, 4.69) is 26.1 Å². The van der Waals surface area contributed by atoms with Gasteiger partial charge in [0.15, 0.2) is 0 Å². The highest BCUT2D eigenvalue weighted by Crippen LogP contribution is 2.65. The van der Waals surface area contributed by atoms with Gasteiger partial charge in [-0.25, -0.2) is 0 Å². The van der Waals surface area contributed by atoms with Gasteiger partial charge < -0.3 is 10.1 Å². The molecule has 2 aliphatic rings. The van der Waals surface area contributed by atoms with Crippen molar-refractivity contribution in [3.8, 4) is 0 Å². The zero-order chi connectivity index (χ0) is 11.1. The van der Waals surface area contributed by atoms with E-state index in [1.54, 1.807) is 7.11 Å². The molecule has 2 bridgehead atoms. The van der Waals surface area contributed by atoms with E-state index in [-0.39, 0.29) is 0 Å². The predicted molar refractivity (Wildman–Crippen MR) is 62.9 cm³/mol. The molecule has 0 radical (unpaired) electrons. The Bertz CT molecular complexity index is 239. The second-order valence-electron chi connectivity index (χ2n) is 6.11. The molecule has 0 amide bonds. The molecule has 3 atom stereocenters. The molecular weight excluding hydrogens is 186 g/mol. The highest BCUT2D eigenvalue weighted by atomic mass is 16.5. The maximum Gasteiger partial charge on any atom is 0.0587 e. The average molecular weight is 211 g/mol. The number of methoxy groups -OCH3 is 1. The van der Waals surface area contributed by atoms with E-state index >= 15 is 0 Å². The summed E-state index contributed by atoms with van der Waals surface area (Å²) in [4.78, 5) is 0. The molecule has 0 aromatic rings. The molecule has 2 rings (SSSR count). The first-order valence-electron chi connectivity index (χ1n) is 6.24. The zero-order valence-corrected chi connectivity index (χ0v) is 10.6. The lowest BCUT2D eigenvalue weighted by atomic mass is 9.69. The predicted octanol–water partition coefficient (Wildman–Crippen LogP) is 2.44. The van der Waals surface area contributed by atoms with Gasteiger partial charge in [-0.1, -0.05) is 20.8 Å². The van der Waals surface area contributed by atoms with Gasteiger partial charge in [-0.05, 0) is 36.0 Å². The van der Waals surface area contributed by atoms with Gasteiger partial charge in [-0.3, -0.25) is 0 Å². The quantitative estimate of drug-likeness (QED) is 0.721. The van der Waals surface area contributed by atoms with Crippen molar-refractivity contribution in [1.82, 2.24) is 5.32 Å². The van der Waals surface area contributed by atoms with Crippen molar-refractivity contribution in [1.29, 1.82) is 0 Å². The monoisotopic (exact) mass is 211 g/mol. The van der Waals surface area contributed by atoms with Crippen LogP contribution in [-0.4, -0.2) is 26.3 Å². The minimum atomic E-state index is 0.505. The Labute approximate surface area is 93.8 Å². The summed E-state index contributed by atoms with van der Waals surface area (Å²) in [6, 6.07) is 0.710. The first-order chi connectivity index (χ1) is 7.02. The molecule has 88 valence electrons. The normalized spacial score (nSPS) is 42.4. The number of rotatable bonds is 4. The van der Waals surface area contributed by atoms with Crippen LogP contribution in [0.1, 0.15) is 40.0 Å². The summed E-state index contributed by atoms with van der Waals surface area (Å²) in [5, 5.41) is 3.69. The van der Waals surface area contributed by atoms with E-state index < -0.39 is 0 Å². The molecule has 2 unspecified atom stereocenters.